The molecule has 1 aromatic heterocycles. The third-order valence-electron chi connectivity index (χ3n) is 3.46. The number of aromatic nitrogens is 1. The maximum atomic E-state index is 14.1. The lowest BCUT2D eigenvalue weighted by molar-refractivity contribution is 0.498. The van der Waals surface area contributed by atoms with Crippen LogP contribution in [0.5, 0.6) is 0 Å². The molecule has 0 saturated carbocycles. The summed E-state index contributed by atoms with van der Waals surface area (Å²) in [7, 11) is -3.84. The van der Waals surface area contributed by atoms with E-state index in [1.54, 1.807) is 0 Å². The summed E-state index contributed by atoms with van der Waals surface area (Å²) in [6.07, 6.45) is 0. The van der Waals surface area contributed by atoms with E-state index < -0.39 is 31.7 Å². The summed E-state index contributed by atoms with van der Waals surface area (Å²) in [6.45, 7) is 0.370. The molecule has 0 atom stereocenters. The molecule has 22 heavy (non-hydrogen) atoms. The second kappa shape index (κ2) is 5.48. The summed E-state index contributed by atoms with van der Waals surface area (Å²) in [5.74, 6) is -2.74. The van der Waals surface area contributed by atoms with E-state index in [4.69, 9.17) is 11.6 Å². The molecule has 0 unspecified atom stereocenters. The second-order valence-corrected chi connectivity index (χ2v) is 7.34. The Hall–Kier alpha value is -1.73. The smallest absolute Gasteiger partial charge is 0.240 e. The van der Waals surface area contributed by atoms with E-state index in [0.717, 1.165) is 5.56 Å². The molecule has 4 nitrogen and oxygen atoms in total. The van der Waals surface area contributed by atoms with Crippen molar-refractivity contribution in [2.45, 2.75) is 11.4 Å². The van der Waals surface area contributed by atoms with Crippen LogP contribution in [0.4, 0.5) is 14.5 Å². The molecule has 0 fully saturated rings. The topological polar surface area (TPSA) is 50.3 Å². The van der Waals surface area contributed by atoms with Gasteiger partial charge in [0.25, 0.3) is 0 Å². The molecule has 0 bridgehead atoms. The number of nitrogens with zero attached hydrogens (tertiary/aromatic N) is 2. The highest BCUT2D eigenvalue weighted by Gasteiger charge is 2.36. The van der Waals surface area contributed by atoms with Gasteiger partial charge in [0.1, 0.15) is 15.6 Å². The van der Waals surface area contributed by atoms with Gasteiger partial charge in [-0.3, -0.25) is 0 Å². The first-order valence-corrected chi connectivity index (χ1v) is 8.49. The van der Waals surface area contributed by atoms with Gasteiger partial charge in [0, 0.05) is 13.1 Å². The fraction of sp³-hybridized carbons (Fsp3) is 0.214. The van der Waals surface area contributed by atoms with Crippen LogP contribution in [0, 0.1) is 11.9 Å². The summed E-state index contributed by atoms with van der Waals surface area (Å²) >= 11 is 5.73. The zero-order valence-electron chi connectivity index (χ0n) is 11.3. The molecule has 2 aromatic rings. The molecular weight excluding hydrogens is 334 g/mol. The molecule has 0 saturated heterocycles. The number of fused-ring (bicyclic) bond motifs is 1. The second-order valence-electron chi connectivity index (χ2n) is 4.91. The SMILES string of the molecule is O=S1(=O)CCN(Cc2ccccc2)c2c(F)nc(F)c(Cl)c21. The number of anilines is 1. The number of hydrogen-bond donors (Lipinski definition) is 0. The molecule has 0 radical (unpaired) electrons. The minimum absolute atomic E-state index is 0.0881. The van der Waals surface area contributed by atoms with E-state index in [9.17, 15) is 17.2 Å². The quantitative estimate of drug-likeness (QED) is 0.786. The fourth-order valence-electron chi connectivity index (χ4n) is 2.44. The van der Waals surface area contributed by atoms with Crippen LogP contribution in [0.1, 0.15) is 5.56 Å². The van der Waals surface area contributed by atoms with Gasteiger partial charge in [0.05, 0.1) is 5.75 Å². The monoisotopic (exact) mass is 344 g/mol. The van der Waals surface area contributed by atoms with E-state index in [1.807, 2.05) is 30.3 Å². The van der Waals surface area contributed by atoms with Crippen LogP contribution in [-0.2, 0) is 16.4 Å². The standard InChI is InChI=1S/C14H11ClF2N2O2S/c15-10-12-11(14(17)18-13(10)16)19(6-7-22(12,20)21)8-9-4-2-1-3-5-9/h1-5H,6-8H2. The maximum absolute atomic E-state index is 14.1. The number of benzene rings is 1. The molecule has 0 N–H and O–H groups in total. The third-order valence-corrected chi connectivity index (χ3v) is 5.66. The van der Waals surface area contributed by atoms with Gasteiger partial charge < -0.3 is 4.90 Å². The van der Waals surface area contributed by atoms with Crippen molar-refractivity contribution in [2.75, 3.05) is 17.2 Å². The average Bonchev–Trinajstić information content (AvgIpc) is 2.47. The van der Waals surface area contributed by atoms with E-state index in [1.165, 1.54) is 4.90 Å². The van der Waals surface area contributed by atoms with Gasteiger partial charge in [-0.05, 0) is 5.56 Å². The minimum atomic E-state index is -3.84. The van der Waals surface area contributed by atoms with Crippen LogP contribution < -0.4 is 4.90 Å². The van der Waals surface area contributed by atoms with Crippen LogP contribution in [-0.4, -0.2) is 25.7 Å². The van der Waals surface area contributed by atoms with Gasteiger partial charge in [0.15, 0.2) is 9.84 Å². The average molecular weight is 345 g/mol. The Morgan fingerprint density at radius 3 is 2.55 bits per heavy atom. The maximum Gasteiger partial charge on any atom is 0.240 e. The predicted octanol–water partition coefficient (Wildman–Crippen LogP) is 2.81. The highest BCUT2D eigenvalue weighted by Crippen LogP contribution is 2.39. The molecular formula is C14H11ClF2N2O2S. The number of hydrogen-bond acceptors (Lipinski definition) is 4. The molecule has 1 aliphatic rings. The fourth-order valence-corrected chi connectivity index (χ4v) is 4.46. The van der Waals surface area contributed by atoms with E-state index >= 15 is 0 Å². The van der Waals surface area contributed by atoms with Crippen LogP contribution in [0.15, 0.2) is 35.2 Å². The van der Waals surface area contributed by atoms with Crippen molar-refractivity contribution in [3.63, 3.8) is 0 Å². The van der Waals surface area contributed by atoms with Gasteiger partial charge in [-0.15, -0.1) is 0 Å². The largest absolute Gasteiger partial charge is 0.361 e. The Morgan fingerprint density at radius 2 is 1.86 bits per heavy atom. The first-order chi connectivity index (χ1) is 10.4. The van der Waals surface area contributed by atoms with Gasteiger partial charge in [0.2, 0.25) is 11.9 Å². The van der Waals surface area contributed by atoms with Crippen LogP contribution in [0.2, 0.25) is 5.02 Å². The first-order valence-electron chi connectivity index (χ1n) is 6.46. The Balaban J connectivity index is 2.14. The Labute approximate surface area is 131 Å². The molecule has 8 heteroatoms. The Morgan fingerprint density at radius 1 is 1.18 bits per heavy atom. The van der Waals surface area contributed by atoms with Crippen molar-refractivity contribution in [2.24, 2.45) is 0 Å². The van der Waals surface area contributed by atoms with Gasteiger partial charge in [-0.1, -0.05) is 41.9 Å². The molecule has 1 aromatic carbocycles. The Kier molecular flexibility index (Phi) is 3.78. The summed E-state index contributed by atoms with van der Waals surface area (Å²) < 4.78 is 51.8. The summed E-state index contributed by atoms with van der Waals surface area (Å²) in [4.78, 5) is 4.07. The lowest BCUT2D eigenvalue weighted by Gasteiger charge is -2.31. The number of sulfone groups is 1. The van der Waals surface area contributed by atoms with E-state index in [0.29, 0.717) is 0 Å². The lowest BCUT2D eigenvalue weighted by atomic mass is 10.2. The molecule has 2 heterocycles. The zero-order chi connectivity index (χ0) is 15.9. The van der Waals surface area contributed by atoms with Crippen molar-refractivity contribution in [1.29, 1.82) is 0 Å². The number of rotatable bonds is 2. The lowest BCUT2D eigenvalue weighted by Crippen LogP contribution is -2.36. The summed E-state index contributed by atoms with van der Waals surface area (Å²) in [6, 6.07) is 9.15. The van der Waals surface area contributed by atoms with E-state index in [-0.39, 0.29) is 24.5 Å². The van der Waals surface area contributed by atoms with Crippen molar-refractivity contribution in [1.82, 2.24) is 4.98 Å². The predicted molar refractivity (Wildman–Crippen MR) is 78.7 cm³/mol. The minimum Gasteiger partial charge on any atom is -0.361 e. The molecule has 1 aliphatic heterocycles. The van der Waals surface area contributed by atoms with Gasteiger partial charge in [-0.2, -0.15) is 13.8 Å². The normalized spacial score (nSPS) is 16.4. The third kappa shape index (κ3) is 2.55. The number of halogens is 3. The first kappa shape index (κ1) is 15.2. The zero-order valence-corrected chi connectivity index (χ0v) is 12.8. The summed E-state index contributed by atoms with van der Waals surface area (Å²) in [5.41, 5.74) is 0.606. The van der Waals surface area contributed by atoms with Crippen molar-refractivity contribution >= 4 is 27.1 Å². The highest BCUT2D eigenvalue weighted by molar-refractivity contribution is 7.91. The van der Waals surface area contributed by atoms with Crippen LogP contribution >= 0.6 is 11.6 Å². The van der Waals surface area contributed by atoms with Crippen LogP contribution in [0.3, 0.4) is 0 Å². The molecule has 3 rings (SSSR count). The van der Waals surface area contributed by atoms with E-state index in [2.05, 4.69) is 4.98 Å². The van der Waals surface area contributed by atoms with Crippen molar-refractivity contribution in [3.05, 3.63) is 52.8 Å². The Bertz CT molecular complexity index is 828. The molecule has 0 spiro atoms. The molecule has 0 aliphatic carbocycles. The van der Waals surface area contributed by atoms with Crippen LogP contribution in [0.25, 0.3) is 0 Å². The molecule has 116 valence electrons. The van der Waals surface area contributed by atoms with Crippen molar-refractivity contribution < 1.29 is 17.2 Å². The number of pyridine rings is 1. The van der Waals surface area contributed by atoms with Gasteiger partial charge >= 0.3 is 0 Å². The highest BCUT2D eigenvalue weighted by atomic mass is 35.5. The van der Waals surface area contributed by atoms with Crippen molar-refractivity contribution in [3.8, 4) is 0 Å². The molecule has 0 amide bonds. The van der Waals surface area contributed by atoms with Gasteiger partial charge in [-0.25, -0.2) is 8.42 Å². The summed E-state index contributed by atoms with van der Waals surface area (Å²) in [5, 5.41) is -0.658.